The van der Waals surface area contributed by atoms with E-state index in [-0.39, 0.29) is 11.9 Å². The number of imidazole rings is 1. The summed E-state index contributed by atoms with van der Waals surface area (Å²) in [5, 5.41) is 0. The fourth-order valence-corrected chi connectivity index (χ4v) is 4.23. The molecule has 2 heterocycles. The van der Waals surface area contributed by atoms with Gasteiger partial charge in [0.25, 0.3) is 0 Å². The highest BCUT2D eigenvalue weighted by Crippen LogP contribution is 2.33. The zero-order valence-electron chi connectivity index (χ0n) is 17.3. The van der Waals surface area contributed by atoms with Crippen LogP contribution in [0.15, 0.2) is 48.5 Å². The van der Waals surface area contributed by atoms with Crippen LogP contribution < -0.4 is 4.74 Å². The normalized spacial score (nSPS) is 16.5. The van der Waals surface area contributed by atoms with Gasteiger partial charge >= 0.3 is 0 Å². The van der Waals surface area contributed by atoms with Crippen LogP contribution in [0.1, 0.15) is 50.5 Å². The molecule has 152 valence electrons. The Morgan fingerprint density at radius 2 is 1.97 bits per heavy atom. The summed E-state index contributed by atoms with van der Waals surface area (Å²) >= 11 is 0. The second-order valence-corrected chi connectivity index (χ2v) is 7.68. The minimum Gasteiger partial charge on any atom is -0.494 e. The van der Waals surface area contributed by atoms with Crippen molar-refractivity contribution in [2.75, 3.05) is 13.2 Å². The van der Waals surface area contributed by atoms with Gasteiger partial charge in [-0.05, 0) is 55.5 Å². The highest BCUT2D eigenvalue weighted by Gasteiger charge is 2.31. The topological polar surface area (TPSA) is 47.4 Å². The first kappa shape index (κ1) is 19.5. The predicted molar refractivity (Wildman–Crippen MR) is 115 cm³/mol. The number of hydrogen-bond donors (Lipinski definition) is 0. The Morgan fingerprint density at radius 3 is 2.72 bits per heavy atom. The van der Waals surface area contributed by atoms with Gasteiger partial charge in [-0.2, -0.15) is 0 Å². The summed E-state index contributed by atoms with van der Waals surface area (Å²) in [5.74, 6) is 2.05. The van der Waals surface area contributed by atoms with Gasteiger partial charge in [-0.25, -0.2) is 4.98 Å². The monoisotopic (exact) mass is 391 g/mol. The van der Waals surface area contributed by atoms with E-state index in [0.29, 0.717) is 6.61 Å². The summed E-state index contributed by atoms with van der Waals surface area (Å²) in [4.78, 5) is 19.0. The summed E-state index contributed by atoms with van der Waals surface area (Å²) < 4.78 is 8.22. The average Bonchev–Trinajstić information content (AvgIpc) is 3.36. The van der Waals surface area contributed by atoms with Crippen molar-refractivity contribution in [3.05, 3.63) is 59.9 Å². The van der Waals surface area contributed by atoms with Crippen molar-refractivity contribution in [3.63, 3.8) is 0 Å². The van der Waals surface area contributed by atoms with E-state index in [9.17, 15) is 4.79 Å². The maximum atomic E-state index is 12.1. The van der Waals surface area contributed by atoms with E-state index in [0.717, 1.165) is 61.4 Å². The number of rotatable bonds is 7. The van der Waals surface area contributed by atoms with Crippen molar-refractivity contribution in [2.24, 2.45) is 0 Å². The zero-order chi connectivity index (χ0) is 20.2. The summed E-state index contributed by atoms with van der Waals surface area (Å²) in [6, 6.07) is 16.6. The van der Waals surface area contributed by atoms with Crippen LogP contribution in [-0.4, -0.2) is 33.5 Å². The van der Waals surface area contributed by atoms with Crippen LogP contribution in [0.3, 0.4) is 0 Å². The van der Waals surface area contributed by atoms with Crippen LogP contribution in [0.2, 0.25) is 0 Å². The number of benzene rings is 2. The molecule has 0 spiro atoms. The standard InChI is InChI=1S/C24H29N3O2/c1-3-19-11-13-20(14-12-19)29-17-7-16-27-22-9-5-4-8-21(22)25-24(27)23-10-6-15-26(23)18(2)28/h4-5,8-9,11-14,23H,3,6-7,10,15-17H2,1-2H3/t23-/m1/s1. The molecule has 0 saturated carbocycles. The van der Waals surface area contributed by atoms with Gasteiger partial charge in [0.1, 0.15) is 11.6 Å². The molecule has 0 radical (unpaired) electrons. The molecule has 1 atom stereocenters. The molecule has 1 aliphatic heterocycles. The Hall–Kier alpha value is -2.82. The van der Waals surface area contributed by atoms with Gasteiger partial charge < -0.3 is 14.2 Å². The Balaban J connectivity index is 1.49. The lowest BCUT2D eigenvalue weighted by atomic mass is 10.2. The largest absolute Gasteiger partial charge is 0.494 e. The van der Waals surface area contributed by atoms with Gasteiger partial charge in [0.2, 0.25) is 5.91 Å². The number of aryl methyl sites for hydroxylation is 2. The van der Waals surface area contributed by atoms with E-state index in [1.165, 1.54) is 5.56 Å². The van der Waals surface area contributed by atoms with Gasteiger partial charge in [0.15, 0.2) is 0 Å². The van der Waals surface area contributed by atoms with Gasteiger partial charge in [0, 0.05) is 20.0 Å². The second-order valence-electron chi connectivity index (χ2n) is 7.68. The van der Waals surface area contributed by atoms with E-state index in [2.05, 4.69) is 29.7 Å². The number of fused-ring (bicyclic) bond motifs is 1. The van der Waals surface area contributed by atoms with Crippen LogP contribution in [0.25, 0.3) is 11.0 Å². The molecule has 29 heavy (non-hydrogen) atoms. The van der Waals surface area contributed by atoms with Crippen molar-refractivity contribution in [1.82, 2.24) is 14.5 Å². The van der Waals surface area contributed by atoms with Gasteiger partial charge in [0.05, 0.1) is 23.7 Å². The third kappa shape index (κ3) is 4.14. The minimum absolute atomic E-state index is 0.0717. The Labute approximate surface area is 172 Å². The third-order valence-electron chi connectivity index (χ3n) is 5.77. The zero-order valence-corrected chi connectivity index (χ0v) is 17.3. The van der Waals surface area contributed by atoms with Crippen molar-refractivity contribution in [3.8, 4) is 5.75 Å². The smallest absolute Gasteiger partial charge is 0.220 e. The molecule has 1 amide bonds. The first-order chi connectivity index (χ1) is 14.2. The predicted octanol–water partition coefficient (Wildman–Crippen LogP) is 4.75. The molecule has 1 saturated heterocycles. The summed E-state index contributed by atoms with van der Waals surface area (Å²) in [5.41, 5.74) is 3.44. The van der Waals surface area contributed by atoms with Crippen molar-refractivity contribution in [2.45, 2.75) is 52.1 Å². The summed E-state index contributed by atoms with van der Waals surface area (Å²) in [6.45, 7) is 6.10. The highest BCUT2D eigenvalue weighted by atomic mass is 16.5. The minimum atomic E-state index is 0.0717. The number of para-hydroxylation sites is 2. The first-order valence-electron chi connectivity index (χ1n) is 10.6. The number of carbonyl (C=O) groups is 1. The molecule has 4 rings (SSSR count). The fourth-order valence-electron chi connectivity index (χ4n) is 4.23. The van der Waals surface area contributed by atoms with E-state index in [1.54, 1.807) is 6.92 Å². The lowest BCUT2D eigenvalue weighted by Gasteiger charge is -2.24. The highest BCUT2D eigenvalue weighted by molar-refractivity contribution is 5.77. The quantitative estimate of drug-likeness (QED) is 0.546. The molecule has 1 aliphatic rings. The lowest BCUT2D eigenvalue weighted by molar-refractivity contribution is -0.129. The Bertz CT molecular complexity index is 977. The Morgan fingerprint density at radius 1 is 1.17 bits per heavy atom. The third-order valence-corrected chi connectivity index (χ3v) is 5.77. The number of hydrogen-bond acceptors (Lipinski definition) is 3. The summed E-state index contributed by atoms with van der Waals surface area (Å²) in [6.07, 6.45) is 3.93. The molecule has 0 N–H and O–H groups in total. The van der Waals surface area contributed by atoms with E-state index < -0.39 is 0 Å². The fraction of sp³-hybridized carbons (Fsp3) is 0.417. The molecular formula is C24H29N3O2. The number of carbonyl (C=O) groups excluding carboxylic acids is 1. The maximum Gasteiger partial charge on any atom is 0.220 e. The van der Waals surface area contributed by atoms with Crippen LogP contribution in [0.5, 0.6) is 5.75 Å². The van der Waals surface area contributed by atoms with Gasteiger partial charge in [-0.3, -0.25) is 4.79 Å². The molecule has 2 aromatic carbocycles. The number of ether oxygens (including phenoxy) is 1. The number of amides is 1. The maximum absolute atomic E-state index is 12.1. The molecule has 1 fully saturated rings. The van der Waals surface area contributed by atoms with Crippen molar-refractivity contribution >= 4 is 16.9 Å². The van der Waals surface area contributed by atoms with Crippen molar-refractivity contribution < 1.29 is 9.53 Å². The van der Waals surface area contributed by atoms with E-state index in [1.807, 2.05) is 35.2 Å². The lowest BCUT2D eigenvalue weighted by Crippen LogP contribution is -2.30. The molecule has 3 aromatic rings. The van der Waals surface area contributed by atoms with Crippen LogP contribution >= 0.6 is 0 Å². The molecule has 0 bridgehead atoms. The number of nitrogens with zero attached hydrogens (tertiary/aromatic N) is 3. The van der Waals surface area contributed by atoms with Crippen LogP contribution in [0, 0.1) is 0 Å². The SMILES string of the molecule is CCc1ccc(OCCCn2c([C@H]3CCCN3C(C)=O)nc3ccccc32)cc1. The van der Waals surface area contributed by atoms with Gasteiger partial charge in [-0.15, -0.1) is 0 Å². The molecule has 0 unspecified atom stereocenters. The van der Waals surface area contributed by atoms with Crippen LogP contribution in [0.4, 0.5) is 0 Å². The van der Waals surface area contributed by atoms with E-state index >= 15 is 0 Å². The average molecular weight is 392 g/mol. The number of likely N-dealkylation sites (tertiary alicyclic amines) is 1. The Kier molecular flexibility index (Phi) is 5.84. The first-order valence-corrected chi connectivity index (χ1v) is 10.6. The second kappa shape index (κ2) is 8.68. The summed E-state index contributed by atoms with van der Waals surface area (Å²) in [7, 11) is 0. The van der Waals surface area contributed by atoms with Crippen molar-refractivity contribution in [1.29, 1.82) is 0 Å². The van der Waals surface area contributed by atoms with E-state index in [4.69, 9.17) is 9.72 Å². The molecule has 5 heteroatoms. The number of aromatic nitrogens is 2. The van der Waals surface area contributed by atoms with Crippen LogP contribution in [-0.2, 0) is 17.8 Å². The molecule has 0 aliphatic carbocycles. The molecular weight excluding hydrogens is 362 g/mol. The molecule has 1 aromatic heterocycles. The van der Waals surface area contributed by atoms with Gasteiger partial charge in [-0.1, -0.05) is 31.2 Å². The molecule has 5 nitrogen and oxygen atoms in total.